The van der Waals surface area contributed by atoms with Crippen molar-refractivity contribution in [2.24, 2.45) is 11.8 Å². The van der Waals surface area contributed by atoms with Gasteiger partial charge in [0.25, 0.3) is 0 Å². The van der Waals surface area contributed by atoms with E-state index in [2.05, 4.69) is 4.90 Å². The first-order chi connectivity index (χ1) is 16.1. The standard InChI is InChI=1S/C27H28ClNO4/c28-19-4-2-1-3-16(19)14-32-23-12-22(31)25-24-17(23)11-20-18-7-8-21(30)26(33-25)27(18,24)9-10-29(20)13-15-5-6-15/h1-4,12,15,18,20,26,31H,5-11,13-14H2/t18-,20+,26-,27-/m0/s1. The van der Waals surface area contributed by atoms with E-state index in [0.717, 1.165) is 55.0 Å². The zero-order valence-electron chi connectivity index (χ0n) is 18.6. The summed E-state index contributed by atoms with van der Waals surface area (Å²) in [6.45, 7) is 2.49. The summed E-state index contributed by atoms with van der Waals surface area (Å²) in [7, 11) is 0. The Morgan fingerprint density at radius 3 is 2.91 bits per heavy atom. The highest BCUT2D eigenvalue weighted by Gasteiger charge is 2.66. The van der Waals surface area contributed by atoms with Gasteiger partial charge in [0.1, 0.15) is 12.4 Å². The van der Waals surface area contributed by atoms with Crippen LogP contribution in [0.5, 0.6) is 17.2 Å². The number of phenols is 1. The van der Waals surface area contributed by atoms with Crippen molar-refractivity contribution in [3.63, 3.8) is 0 Å². The minimum absolute atomic E-state index is 0.0806. The number of aromatic hydroxyl groups is 1. The summed E-state index contributed by atoms with van der Waals surface area (Å²) in [4.78, 5) is 15.8. The second kappa shape index (κ2) is 7.13. The van der Waals surface area contributed by atoms with Crippen molar-refractivity contribution in [3.05, 3.63) is 52.0 Å². The fourth-order valence-corrected chi connectivity index (χ4v) is 7.41. The monoisotopic (exact) mass is 465 g/mol. The van der Waals surface area contributed by atoms with Crippen LogP contribution < -0.4 is 9.47 Å². The quantitative estimate of drug-likeness (QED) is 0.697. The highest BCUT2D eigenvalue weighted by Crippen LogP contribution is 2.64. The Hall–Kier alpha value is -2.24. The van der Waals surface area contributed by atoms with Crippen LogP contribution >= 0.6 is 11.6 Å². The summed E-state index contributed by atoms with van der Waals surface area (Å²) >= 11 is 6.36. The van der Waals surface area contributed by atoms with E-state index in [0.29, 0.717) is 41.5 Å². The predicted octanol–water partition coefficient (Wildman–Crippen LogP) is 4.64. The van der Waals surface area contributed by atoms with Crippen LogP contribution in [0, 0.1) is 11.8 Å². The van der Waals surface area contributed by atoms with Gasteiger partial charge in [-0.1, -0.05) is 29.8 Å². The van der Waals surface area contributed by atoms with E-state index < -0.39 is 6.10 Å². The van der Waals surface area contributed by atoms with E-state index in [-0.39, 0.29) is 16.9 Å². The molecule has 0 unspecified atom stereocenters. The van der Waals surface area contributed by atoms with Gasteiger partial charge in [-0.3, -0.25) is 9.69 Å². The zero-order valence-corrected chi connectivity index (χ0v) is 19.3. The molecule has 1 N–H and O–H groups in total. The van der Waals surface area contributed by atoms with Crippen LogP contribution in [0.1, 0.15) is 48.8 Å². The summed E-state index contributed by atoms with van der Waals surface area (Å²) in [6, 6.07) is 9.75. The normalized spacial score (nSPS) is 31.8. The Morgan fingerprint density at radius 1 is 1.24 bits per heavy atom. The molecule has 1 spiro atoms. The molecular formula is C27H28ClNO4. The van der Waals surface area contributed by atoms with Crippen LogP contribution in [0.3, 0.4) is 0 Å². The number of rotatable bonds is 5. The molecule has 2 aromatic carbocycles. The van der Waals surface area contributed by atoms with Crippen molar-refractivity contribution in [2.45, 2.75) is 62.7 Å². The molecule has 172 valence electrons. The van der Waals surface area contributed by atoms with Crippen LogP contribution in [0.4, 0.5) is 0 Å². The number of hydrogen-bond donors (Lipinski definition) is 1. The Kier molecular flexibility index (Phi) is 4.36. The van der Waals surface area contributed by atoms with Gasteiger partial charge in [0.15, 0.2) is 23.4 Å². The first-order valence-corrected chi connectivity index (χ1v) is 12.6. The molecule has 3 fully saturated rings. The highest BCUT2D eigenvalue weighted by atomic mass is 35.5. The molecule has 0 amide bonds. The highest BCUT2D eigenvalue weighted by molar-refractivity contribution is 6.31. The summed E-state index contributed by atoms with van der Waals surface area (Å²) in [5.41, 5.74) is 2.76. The Bertz CT molecular complexity index is 1160. The molecule has 5 nitrogen and oxygen atoms in total. The lowest BCUT2D eigenvalue weighted by atomic mass is 9.51. The molecular weight excluding hydrogens is 438 g/mol. The van der Waals surface area contributed by atoms with E-state index in [1.165, 1.54) is 12.8 Å². The largest absolute Gasteiger partial charge is 0.504 e. The molecule has 2 aliphatic heterocycles. The van der Waals surface area contributed by atoms with E-state index >= 15 is 0 Å². The third-order valence-electron chi connectivity index (χ3n) is 8.84. The molecule has 5 aliphatic rings. The van der Waals surface area contributed by atoms with Gasteiger partial charge in [-0.25, -0.2) is 0 Å². The maximum Gasteiger partial charge on any atom is 0.174 e. The zero-order chi connectivity index (χ0) is 22.3. The fraction of sp³-hybridized carbons (Fsp3) is 0.519. The third kappa shape index (κ3) is 2.85. The van der Waals surface area contributed by atoms with Crippen molar-refractivity contribution in [1.29, 1.82) is 0 Å². The van der Waals surface area contributed by atoms with Gasteiger partial charge in [0, 0.05) is 52.2 Å². The molecule has 4 atom stereocenters. The average Bonchev–Trinajstić information content (AvgIpc) is 3.55. The number of ketones is 1. The molecule has 1 saturated heterocycles. The summed E-state index contributed by atoms with van der Waals surface area (Å²) in [5.74, 6) is 2.70. The number of carbonyl (C=O) groups excluding carboxylic acids is 1. The molecule has 0 aromatic heterocycles. The van der Waals surface area contributed by atoms with E-state index in [9.17, 15) is 9.90 Å². The number of phenolic OH excluding ortho intramolecular Hbond substituents is 1. The van der Waals surface area contributed by atoms with Gasteiger partial charge in [-0.2, -0.15) is 0 Å². The second-order valence-corrected chi connectivity index (χ2v) is 11.0. The molecule has 33 heavy (non-hydrogen) atoms. The smallest absolute Gasteiger partial charge is 0.174 e. The molecule has 0 radical (unpaired) electrons. The lowest BCUT2D eigenvalue weighted by Crippen LogP contribution is -2.66. The third-order valence-corrected chi connectivity index (χ3v) is 9.21. The molecule has 6 heteroatoms. The number of ether oxygens (including phenoxy) is 2. The fourth-order valence-electron chi connectivity index (χ4n) is 7.22. The number of carbonyl (C=O) groups is 1. The van der Waals surface area contributed by atoms with Crippen LogP contribution in [0.15, 0.2) is 30.3 Å². The van der Waals surface area contributed by atoms with Crippen LogP contribution in [0.25, 0.3) is 0 Å². The molecule has 2 heterocycles. The summed E-state index contributed by atoms with van der Waals surface area (Å²) < 4.78 is 12.6. The molecule has 2 saturated carbocycles. The number of Topliss-reactive ketones (excluding diaryl/α,β-unsaturated/α-hetero) is 1. The average molecular weight is 466 g/mol. The van der Waals surface area contributed by atoms with Crippen molar-refractivity contribution < 1.29 is 19.4 Å². The van der Waals surface area contributed by atoms with Gasteiger partial charge < -0.3 is 14.6 Å². The lowest BCUT2D eigenvalue weighted by molar-refractivity contribution is -0.138. The summed E-state index contributed by atoms with van der Waals surface area (Å²) in [6.07, 6.45) is 5.48. The Morgan fingerprint density at radius 2 is 2.09 bits per heavy atom. The van der Waals surface area contributed by atoms with Gasteiger partial charge in [-0.05, 0) is 56.6 Å². The Balaban J connectivity index is 1.33. The topological polar surface area (TPSA) is 59.0 Å². The first kappa shape index (κ1) is 20.2. The number of likely N-dealkylation sites (tertiary alicyclic amines) is 1. The maximum absolute atomic E-state index is 13.1. The Labute approximate surface area is 198 Å². The second-order valence-electron chi connectivity index (χ2n) is 10.6. The van der Waals surface area contributed by atoms with Crippen LogP contribution in [0.2, 0.25) is 5.02 Å². The maximum atomic E-state index is 13.1. The van der Waals surface area contributed by atoms with Crippen LogP contribution in [-0.2, 0) is 23.2 Å². The number of benzene rings is 2. The summed E-state index contributed by atoms with van der Waals surface area (Å²) in [5, 5.41) is 11.6. The number of halogens is 1. The van der Waals surface area contributed by atoms with Crippen molar-refractivity contribution in [2.75, 3.05) is 13.1 Å². The molecule has 2 aromatic rings. The van der Waals surface area contributed by atoms with Gasteiger partial charge in [0.05, 0.1) is 0 Å². The first-order valence-electron chi connectivity index (χ1n) is 12.2. The lowest BCUT2D eigenvalue weighted by Gasteiger charge is -2.57. The molecule has 7 rings (SSSR count). The van der Waals surface area contributed by atoms with Crippen LogP contribution in [-0.4, -0.2) is 41.0 Å². The SMILES string of the molecule is O=C1CC[C@H]2[C@H]3Cc4c(OCc5ccccc5Cl)cc(O)c5c4[C@@]2(CCN3CC2CC2)[C@H]1O5. The number of piperidine rings is 1. The number of hydrogen-bond acceptors (Lipinski definition) is 5. The predicted molar refractivity (Wildman–Crippen MR) is 124 cm³/mol. The van der Waals surface area contributed by atoms with Crippen molar-refractivity contribution in [3.8, 4) is 17.2 Å². The van der Waals surface area contributed by atoms with Gasteiger partial charge in [0.2, 0.25) is 0 Å². The van der Waals surface area contributed by atoms with Gasteiger partial charge >= 0.3 is 0 Å². The molecule has 3 aliphatic carbocycles. The minimum atomic E-state index is -0.472. The molecule has 2 bridgehead atoms. The van der Waals surface area contributed by atoms with Gasteiger partial charge in [-0.15, -0.1) is 0 Å². The minimum Gasteiger partial charge on any atom is -0.504 e. The van der Waals surface area contributed by atoms with E-state index in [4.69, 9.17) is 21.1 Å². The van der Waals surface area contributed by atoms with E-state index in [1.807, 2.05) is 24.3 Å². The van der Waals surface area contributed by atoms with E-state index in [1.54, 1.807) is 6.07 Å². The number of nitrogens with zero attached hydrogens (tertiary/aromatic N) is 1. The van der Waals surface area contributed by atoms with Crippen molar-refractivity contribution in [1.82, 2.24) is 4.90 Å². The van der Waals surface area contributed by atoms with Crippen molar-refractivity contribution >= 4 is 17.4 Å².